The quantitative estimate of drug-likeness (QED) is 0.102. The molecule has 0 unspecified atom stereocenters. The minimum atomic E-state index is -1.49. The summed E-state index contributed by atoms with van der Waals surface area (Å²) in [5, 5.41) is 27.1. The Morgan fingerprint density at radius 3 is 1.69 bits per heavy atom. The van der Waals surface area contributed by atoms with Gasteiger partial charge < -0.3 is 34.4 Å². The van der Waals surface area contributed by atoms with Crippen LogP contribution in [0.25, 0.3) is 44.3 Å². The van der Waals surface area contributed by atoms with Crippen LogP contribution in [0, 0.1) is 48.8 Å². The number of aromatic carboxylic acids is 2. The van der Waals surface area contributed by atoms with Gasteiger partial charge in [0, 0.05) is 50.5 Å². The van der Waals surface area contributed by atoms with E-state index >= 15 is 0 Å². The fraction of sp³-hybridized carbons (Fsp3) is 0.0714. The van der Waals surface area contributed by atoms with Crippen LogP contribution >= 0.6 is 22.7 Å². The first-order chi connectivity index (χ1) is 29.5. The van der Waals surface area contributed by atoms with Crippen LogP contribution in [0.2, 0.25) is 0 Å². The zero-order valence-electron chi connectivity index (χ0n) is 31.7. The van der Waals surface area contributed by atoms with Gasteiger partial charge in [0.25, 0.3) is 11.8 Å². The topological polar surface area (TPSA) is 181 Å². The summed E-state index contributed by atoms with van der Waals surface area (Å²) < 4.78 is 99.1. The molecule has 2 amide bonds. The molecule has 0 atom stereocenters. The van der Waals surface area contributed by atoms with Crippen LogP contribution in [-0.4, -0.2) is 46.1 Å². The second kappa shape index (κ2) is 16.9. The van der Waals surface area contributed by atoms with Gasteiger partial charge in [-0.2, -0.15) is 0 Å². The number of rotatable bonds is 9. The molecule has 20 heteroatoms. The van der Waals surface area contributed by atoms with Gasteiger partial charge in [-0.15, -0.1) is 22.7 Å². The van der Waals surface area contributed by atoms with Crippen molar-refractivity contribution >= 4 is 78.5 Å². The van der Waals surface area contributed by atoms with Crippen molar-refractivity contribution < 1.29 is 69.3 Å². The lowest BCUT2D eigenvalue weighted by Crippen LogP contribution is -2.14. The molecule has 0 fully saturated rings. The highest BCUT2D eigenvalue weighted by atomic mass is 32.1. The maximum Gasteiger partial charge on any atom is 0.339 e. The number of oxazole rings is 1. The van der Waals surface area contributed by atoms with E-state index in [1.807, 2.05) is 0 Å². The molecule has 0 aliphatic carbocycles. The van der Waals surface area contributed by atoms with Crippen molar-refractivity contribution in [1.82, 2.24) is 4.98 Å². The highest BCUT2D eigenvalue weighted by Crippen LogP contribution is 2.40. The smallest absolute Gasteiger partial charge is 0.339 e. The van der Waals surface area contributed by atoms with Crippen molar-refractivity contribution in [2.45, 2.75) is 13.8 Å². The molecule has 4 heterocycles. The van der Waals surface area contributed by atoms with Gasteiger partial charge in [-0.1, -0.05) is 24.3 Å². The molecule has 0 aliphatic rings. The van der Waals surface area contributed by atoms with Crippen LogP contribution in [0.15, 0.2) is 80.3 Å². The Morgan fingerprint density at radius 1 is 0.629 bits per heavy atom. The number of furan rings is 1. The van der Waals surface area contributed by atoms with Gasteiger partial charge >= 0.3 is 17.8 Å². The normalized spacial score (nSPS) is 11.0. The predicted molar refractivity (Wildman–Crippen MR) is 215 cm³/mol. The van der Waals surface area contributed by atoms with E-state index in [2.05, 4.69) is 15.6 Å². The SMILES string of the molecule is COc1ccc2oc(C(=O)Nc3scc(-c4ccc(C)c(F)c4F)c3C(=O)O)cc2c1.Cc1ccc(-c2csc(NC(=O)c3nc4cc(F)c(F)cc4o3)c2C(=O)O)c(F)c1F. The first-order valence-electron chi connectivity index (χ1n) is 17.5. The second-order valence-corrected chi connectivity index (χ2v) is 14.9. The lowest BCUT2D eigenvalue weighted by atomic mass is 10.0. The van der Waals surface area contributed by atoms with Crippen LogP contribution in [0.5, 0.6) is 5.75 Å². The molecule has 0 spiro atoms. The predicted octanol–water partition coefficient (Wildman–Crippen LogP) is 11.1. The lowest BCUT2D eigenvalue weighted by Gasteiger charge is -2.07. The summed E-state index contributed by atoms with van der Waals surface area (Å²) in [5.41, 5.74) is -1.16. The Labute approximate surface area is 351 Å². The average molecular weight is 894 g/mol. The molecule has 8 rings (SSSR count). The van der Waals surface area contributed by atoms with Crippen LogP contribution < -0.4 is 15.4 Å². The van der Waals surface area contributed by atoms with E-state index in [1.54, 1.807) is 18.2 Å². The third-order valence-corrected chi connectivity index (χ3v) is 11.0. The van der Waals surface area contributed by atoms with Crippen LogP contribution in [0.3, 0.4) is 0 Å². The summed E-state index contributed by atoms with van der Waals surface area (Å²) >= 11 is 1.65. The Balaban J connectivity index is 0.000000186. The number of amides is 2. The number of benzene rings is 4. The number of carbonyl (C=O) groups excluding carboxylic acids is 2. The summed E-state index contributed by atoms with van der Waals surface area (Å²) in [6.07, 6.45) is 0. The highest BCUT2D eigenvalue weighted by Gasteiger charge is 2.28. The van der Waals surface area contributed by atoms with Gasteiger partial charge in [0.1, 0.15) is 38.0 Å². The number of halogens is 6. The zero-order chi connectivity index (χ0) is 44.7. The maximum absolute atomic E-state index is 14.4. The first kappa shape index (κ1) is 42.7. The maximum atomic E-state index is 14.4. The Morgan fingerprint density at radius 2 is 1.16 bits per heavy atom. The van der Waals surface area contributed by atoms with E-state index < -0.39 is 70.1 Å². The minimum Gasteiger partial charge on any atom is -0.497 e. The van der Waals surface area contributed by atoms with Gasteiger partial charge in [-0.05, 0) is 49.2 Å². The number of thiophene rings is 2. The number of aryl methyl sites for hydroxylation is 2. The number of aromatic nitrogens is 1. The third kappa shape index (κ3) is 8.07. The number of anilines is 2. The molecule has 4 N–H and O–H groups in total. The molecule has 0 aliphatic heterocycles. The number of hydrogen-bond acceptors (Lipinski definition) is 10. The Hall–Kier alpha value is -7.45. The molecule has 316 valence electrons. The van der Waals surface area contributed by atoms with Crippen molar-refractivity contribution in [2.24, 2.45) is 0 Å². The minimum absolute atomic E-state index is 0.0223. The van der Waals surface area contributed by atoms with Crippen molar-refractivity contribution in [3.05, 3.63) is 140 Å². The van der Waals surface area contributed by atoms with Crippen molar-refractivity contribution in [2.75, 3.05) is 17.7 Å². The molecule has 0 saturated carbocycles. The van der Waals surface area contributed by atoms with Crippen LogP contribution in [-0.2, 0) is 0 Å². The number of carboxylic acid groups (broad SMARTS) is 2. The highest BCUT2D eigenvalue weighted by molar-refractivity contribution is 7.15. The van der Waals surface area contributed by atoms with Gasteiger partial charge in [0.15, 0.2) is 46.2 Å². The standard InChI is InChI=1S/C22H15F2NO5S.C20H10F4N2O4S/c1-10-3-5-13(19(24)18(10)23)14-9-31-21(17(14)22(27)28)25-20(26)16-8-11-7-12(29-2)4-6-15(11)30-16;1-7-2-3-8(16(24)15(7)23)9-6-31-19(14(9)20(28)29)26-17(27)18-25-12-4-10(21)11(22)5-13(12)30-18/h3-9H,1-2H3,(H,25,26)(H,27,28);2-6H,1H3,(H,26,27)(H,28,29). The van der Waals surface area contributed by atoms with E-state index in [0.29, 0.717) is 16.7 Å². The van der Waals surface area contributed by atoms with E-state index in [4.69, 9.17) is 13.6 Å². The Kier molecular flexibility index (Phi) is 11.6. The largest absolute Gasteiger partial charge is 0.497 e. The van der Waals surface area contributed by atoms with Gasteiger partial charge in [-0.3, -0.25) is 9.59 Å². The molecule has 4 aromatic carbocycles. The van der Waals surface area contributed by atoms with Crippen molar-refractivity contribution in [1.29, 1.82) is 0 Å². The number of methoxy groups -OCH3 is 1. The summed E-state index contributed by atoms with van der Waals surface area (Å²) in [7, 11) is 1.51. The van der Waals surface area contributed by atoms with Gasteiger partial charge in [0.2, 0.25) is 0 Å². The van der Waals surface area contributed by atoms with E-state index in [1.165, 1.54) is 62.0 Å². The molecule has 0 saturated heterocycles. The van der Waals surface area contributed by atoms with E-state index in [9.17, 15) is 55.7 Å². The van der Waals surface area contributed by atoms with E-state index in [-0.39, 0.29) is 65.8 Å². The van der Waals surface area contributed by atoms with Crippen molar-refractivity contribution in [3.63, 3.8) is 0 Å². The van der Waals surface area contributed by atoms with E-state index in [0.717, 1.165) is 34.8 Å². The Bertz CT molecular complexity index is 3100. The summed E-state index contributed by atoms with van der Waals surface area (Å²) in [6.45, 7) is 2.76. The molecule has 0 bridgehead atoms. The number of carboxylic acids is 2. The average Bonchev–Trinajstić information content (AvgIpc) is 4.04. The molecule has 4 aromatic heterocycles. The van der Waals surface area contributed by atoms with Crippen molar-refractivity contribution in [3.8, 4) is 28.0 Å². The molecule has 62 heavy (non-hydrogen) atoms. The monoisotopic (exact) mass is 893 g/mol. The second-order valence-electron chi connectivity index (χ2n) is 13.1. The zero-order valence-corrected chi connectivity index (χ0v) is 33.3. The lowest BCUT2D eigenvalue weighted by molar-refractivity contribution is 0.0688. The number of nitrogens with one attached hydrogen (secondary N) is 2. The summed E-state index contributed by atoms with van der Waals surface area (Å²) in [6, 6.07) is 13.2. The molecule has 12 nitrogen and oxygen atoms in total. The van der Waals surface area contributed by atoms with Gasteiger partial charge in [-0.25, -0.2) is 40.9 Å². The third-order valence-electron chi connectivity index (χ3n) is 9.17. The fourth-order valence-electron chi connectivity index (χ4n) is 6.03. The van der Waals surface area contributed by atoms with Crippen LogP contribution in [0.4, 0.5) is 36.3 Å². The summed E-state index contributed by atoms with van der Waals surface area (Å²) in [4.78, 5) is 52.5. The number of fused-ring (bicyclic) bond motifs is 2. The number of hydrogen-bond donors (Lipinski definition) is 4. The molecular weight excluding hydrogens is 869 g/mol. The molecule has 8 aromatic rings. The molecular formula is C42H25F6N3O9S2. The number of carbonyl (C=O) groups is 4. The number of nitrogens with zero attached hydrogens (tertiary/aromatic N) is 1. The summed E-state index contributed by atoms with van der Waals surface area (Å²) in [5.74, 6) is -11.5. The van der Waals surface area contributed by atoms with Gasteiger partial charge in [0.05, 0.1) is 7.11 Å². The first-order valence-corrected chi connectivity index (χ1v) is 19.3. The fourth-order valence-corrected chi connectivity index (χ4v) is 7.93. The number of ether oxygens (including phenoxy) is 1. The molecule has 0 radical (unpaired) electrons. The van der Waals surface area contributed by atoms with Crippen LogP contribution in [0.1, 0.15) is 53.1 Å².